The molecule has 0 radical (unpaired) electrons. The fourth-order valence-corrected chi connectivity index (χ4v) is 2.63. The minimum Gasteiger partial charge on any atom is -0.368 e. The second-order valence-corrected chi connectivity index (χ2v) is 6.06. The SMILES string of the molecule is C=C(/C(C)=C\N=C(C)CC)N(CCC(C)=O)C1CCCC1. The van der Waals surface area contributed by atoms with Gasteiger partial charge in [0.25, 0.3) is 0 Å². The standard InChI is InChI=1S/C18H30N2O/c1-6-15(3)19-13-14(2)17(5)20(12-11-16(4)21)18-9-7-8-10-18/h13,18H,5-12H2,1-4H3/b14-13-,19-15?. The average molecular weight is 290 g/mol. The molecule has 1 aliphatic rings. The quantitative estimate of drug-likeness (QED) is 0.487. The molecule has 0 atom stereocenters. The maximum Gasteiger partial charge on any atom is 0.131 e. The van der Waals surface area contributed by atoms with E-state index < -0.39 is 0 Å². The van der Waals surface area contributed by atoms with Crippen LogP contribution in [0.1, 0.15) is 66.2 Å². The number of carbonyl (C=O) groups excluding carboxylic acids is 1. The molecule has 0 spiro atoms. The maximum atomic E-state index is 11.3. The van der Waals surface area contributed by atoms with Gasteiger partial charge in [-0.25, -0.2) is 0 Å². The molecule has 0 amide bonds. The highest BCUT2D eigenvalue weighted by molar-refractivity contribution is 5.82. The number of aliphatic imine (C=N–C) groups is 1. The lowest BCUT2D eigenvalue weighted by Gasteiger charge is -2.33. The van der Waals surface area contributed by atoms with Gasteiger partial charge in [0.05, 0.1) is 0 Å². The third kappa shape index (κ3) is 5.86. The molecule has 1 saturated carbocycles. The largest absolute Gasteiger partial charge is 0.368 e. The van der Waals surface area contributed by atoms with Gasteiger partial charge in [0.2, 0.25) is 0 Å². The molecule has 0 aromatic heterocycles. The van der Waals surface area contributed by atoms with Gasteiger partial charge < -0.3 is 4.90 Å². The summed E-state index contributed by atoms with van der Waals surface area (Å²) < 4.78 is 0. The molecule has 0 N–H and O–H groups in total. The Balaban J connectivity index is 2.80. The topological polar surface area (TPSA) is 32.7 Å². The molecule has 0 aromatic rings. The summed E-state index contributed by atoms with van der Waals surface area (Å²) in [4.78, 5) is 18.1. The molecule has 1 fully saturated rings. The van der Waals surface area contributed by atoms with E-state index in [2.05, 4.69) is 30.3 Å². The Labute approximate surface area is 129 Å². The van der Waals surface area contributed by atoms with Crippen LogP contribution >= 0.6 is 0 Å². The van der Waals surface area contributed by atoms with Gasteiger partial charge in [0.15, 0.2) is 0 Å². The molecule has 21 heavy (non-hydrogen) atoms. The van der Waals surface area contributed by atoms with Gasteiger partial charge in [0, 0.05) is 36.6 Å². The minimum atomic E-state index is 0.243. The molecule has 0 aromatic carbocycles. The number of nitrogens with zero attached hydrogens (tertiary/aromatic N) is 2. The third-order valence-electron chi connectivity index (χ3n) is 4.26. The summed E-state index contributed by atoms with van der Waals surface area (Å²) in [6, 6.07) is 0.538. The first-order chi connectivity index (χ1) is 9.95. The Morgan fingerprint density at radius 1 is 1.29 bits per heavy atom. The fraction of sp³-hybridized carbons (Fsp3) is 0.667. The first kappa shape index (κ1) is 17.7. The number of hydrogen-bond donors (Lipinski definition) is 0. The maximum absolute atomic E-state index is 11.3. The first-order valence-electron chi connectivity index (χ1n) is 8.11. The molecule has 0 unspecified atom stereocenters. The van der Waals surface area contributed by atoms with E-state index in [0.29, 0.717) is 12.5 Å². The minimum absolute atomic E-state index is 0.243. The molecular formula is C18H30N2O. The zero-order valence-corrected chi connectivity index (χ0v) is 14.1. The van der Waals surface area contributed by atoms with Gasteiger partial charge in [-0.15, -0.1) is 0 Å². The molecule has 3 nitrogen and oxygen atoms in total. The molecule has 118 valence electrons. The Hall–Kier alpha value is -1.38. The van der Waals surface area contributed by atoms with Crippen LogP contribution in [0.5, 0.6) is 0 Å². The Bertz CT molecular complexity index is 428. The van der Waals surface area contributed by atoms with E-state index in [-0.39, 0.29) is 5.78 Å². The number of rotatable bonds is 8. The second-order valence-electron chi connectivity index (χ2n) is 6.06. The van der Waals surface area contributed by atoms with Crippen LogP contribution in [0.3, 0.4) is 0 Å². The van der Waals surface area contributed by atoms with Crippen molar-refractivity contribution < 1.29 is 4.79 Å². The predicted molar refractivity (Wildman–Crippen MR) is 90.6 cm³/mol. The number of Topliss-reactive ketones (excluding diaryl/α,β-unsaturated/α-hetero) is 1. The monoisotopic (exact) mass is 290 g/mol. The van der Waals surface area contributed by atoms with E-state index in [4.69, 9.17) is 0 Å². The summed E-state index contributed by atoms with van der Waals surface area (Å²) >= 11 is 0. The van der Waals surface area contributed by atoms with Crippen LogP contribution in [0.25, 0.3) is 0 Å². The van der Waals surface area contributed by atoms with E-state index in [1.165, 1.54) is 25.7 Å². The van der Waals surface area contributed by atoms with Gasteiger partial charge in [-0.1, -0.05) is 26.3 Å². The number of carbonyl (C=O) groups is 1. The Morgan fingerprint density at radius 2 is 1.90 bits per heavy atom. The molecule has 1 rings (SSSR count). The molecule has 3 heteroatoms. The third-order valence-corrected chi connectivity index (χ3v) is 4.26. The summed E-state index contributed by atoms with van der Waals surface area (Å²) in [6.45, 7) is 12.9. The summed E-state index contributed by atoms with van der Waals surface area (Å²) in [5, 5.41) is 0. The number of allylic oxidation sites excluding steroid dienone is 1. The summed E-state index contributed by atoms with van der Waals surface area (Å²) in [6.07, 6.45) is 8.46. The highest BCUT2D eigenvalue weighted by Gasteiger charge is 2.24. The smallest absolute Gasteiger partial charge is 0.131 e. The van der Waals surface area contributed by atoms with Crippen molar-refractivity contribution in [1.29, 1.82) is 0 Å². The zero-order valence-electron chi connectivity index (χ0n) is 14.1. The van der Waals surface area contributed by atoms with Crippen molar-refractivity contribution in [1.82, 2.24) is 4.90 Å². The molecule has 1 aliphatic carbocycles. The van der Waals surface area contributed by atoms with Crippen molar-refractivity contribution in [2.45, 2.75) is 72.3 Å². The van der Waals surface area contributed by atoms with Gasteiger partial charge in [-0.05, 0) is 45.6 Å². The van der Waals surface area contributed by atoms with E-state index in [1.807, 2.05) is 13.1 Å². The summed E-state index contributed by atoms with van der Waals surface area (Å²) in [5.74, 6) is 0.243. The van der Waals surface area contributed by atoms with E-state index in [0.717, 1.165) is 29.9 Å². The van der Waals surface area contributed by atoms with Crippen LogP contribution in [0.2, 0.25) is 0 Å². The summed E-state index contributed by atoms with van der Waals surface area (Å²) in [5.41, 5.74) is 3.24. The van der Waals surface area contributed by atoms with Crippen molar-refractivity contribution in [2.75, 3.05) is 6.54 Å². The fourth-order valence-electron chi connectivity index (χ4n) is 2.63. The van der Waals surface area contributed by atoms with Crippen molar-refractivity contribution in [3.8, 4) is 0 Å². The van der Waals surface area contributed by atoms with Crippen LogP contribution < -0.4 is 0 Å². The van der Waals surface area contributed by atoms with Crippen LogP contribution in [-0.4, -0.2) is 29.0 Å². The summed E-state index contributed by atoms with van der Waals surface area (Å²) in [7, 11) is 0. The number of hydrogen-bond acceptors (Lipinski definition) is 3. The normalized spacial score (nSPS) is 17.1. The van der Waals surface area contributed by atoms with Crippen LogP contribution in [0.4, 0.5) is 0 Å². The van der Waals surface area contributed by atoms with E-state index >= 15 is 0 Å². The van der Waals surface area contributed by atoms with Crippen molar-refractivity contribution in [3.05, 3.63) is 24.0 Å². The van der Waals surface area contributed by atoms with Crippen molar-refractivity contribution in [2.24, 2.45) is 4.99 Å². The molecular weight excluding hydrogens is 260 g/mol. The highest BCUT2D eigenvalue weighted by atomic mass is 16.1. The average Bonchev–Trinajstić information content (AvgIpc) is 2.97. The molecule has 0 bridgehead atoms. The lowest BCUT2D eigenvalue weighted by atomic mass is 10.1. The van der Waals surface area contributed by atoms with Crippen LogP contribution in [0.15, 0.2) is 29.0 Å². The molecule has 0 aliphatic heterocycles. The van der Waals surface area contributed by atoms with Gasteiger partial charge >= 0.3 is 0 Å². The molecule has 0 saturated heterocycles. The lowest BCUT2D eigenvalue weighted by Crippen LogP contribution is -2.34. The first-order valence-corrected chi connectivity index (χ1v) is 8.11. The second kappa shape index (κ2) is 8.81. The Morgan fingerprint density at radius 3 is 2.43 bits per heavy atom. The van der Waals surface area contributed by atoms with Gasteiger partial charge in [-0.2, -0.15) is 0 Å². The highest BCUT2D eigenvalue weighted by Crippen LogP contribution is 2.28. The van der Waals surface area contributed by atoms with E-state index in [9.17, 15) is 4.79 Å². The van der Waals surface area contributed by atoms with Crippen molar-refractivity contribution in [3.63, 3.8) is 0 Å². The predicted octanol–water partition coefficient (Wildman–Crippen LogP) is 4.50. The van der Waals surface area contributed by atoms with Crippen molar-refractivity contribution >= 4 is 11.5 Å². The van der Waals surface area contributed by atoms with Crippen LogP contribution in [0, 0.1) is 0 Å². The number of ketones is 1. The van der Waals surface area contributed by atoms with E-state index in [1.54, 1.807) is 6.92 Å². The Kier molecular flexibility index (Phi) is 7.41. The molecule has 0 heterocycles. The van der Waals surface area contributed by atoms with Gasteiger partial charge in [-0.3, -0.25) is 9.79 Å². The lowest BCUT2D eigenvalue weighted by molar-refractivity contribution is -0.117. The van der Waals surface area contributed by atoms with Gasteiger partial charge in [0.1, 0.15) is 5.78 Å². The van der Waals surface area contributed by atoms with Crippen LogP contribution in [-0.2, 0) is 4.79 Å². The zero-order chi connectivity index (χ0) is 15.8.